The van der Waals surface area contributed by atoms with Crippen LogP contribution < -0.4 is 0 Å². The van der Waals surface area contributed by atoms with Crippen LogP contribution in [0.2, 0.25) is 0 Å². The molecule has 2 N–H and O–H groups in total. The van der Waals surface area contributed by atoms with Crippen molar-refractivity contribution in [2.45, 2.75) is 50.8 Å². The van der Waals surface area contributed by atoms with E-state index in [4.69, 9.17) is 11.2 Å². The number of hydrogen-bond acceptors (Lipinski definition) is 3. The summed E-state index contributed by atoms with van der Waals surface area (Å²) in [6.45, 7) is 4.57. The van der Waals surface area contributed by atoms with Gasteiger partial charge >= 0.3 is 5.97 Å². The number of ether oxygens (including phenoxy) is 1. The number of piperidine rings is 1. The number of aryl methyl sites for hydroxylation is 1. The number of aromatic amines is 1. The van der Waals surface area contributed by atoms with E-state index in [1.807, 2.05) is 18.3 Å². The van der Waals surface area contributed by atoms with Crippen molar-refractivity contribution in [2.75, 3.05) is 13.2 Å². The van der Waals surface area contributed by atoms with Gasteiger partial charge in [0.05, 0.1) is 11.2 Å². The van der Waals surface area contributed by atoms with Crippen LogP contribution in [0.3, 0.4) is 0 Å². The SMILES string of the molecule is C#Cc1cc(C)c2[nH]ccc2c1CN1CC[C@]2(CCCO2)C[C@H]1c1ccc(C(=O)O)cc1. The van der Waals surface area contributed by atoms with Crippen molar-refractivity contribution in [1.82, 2.24) is 9.88 Å². The molecule has 2 aromatic carbocycles. The van der Waals surface area contributed by atoms with Gasteiger partial charge in [-0.1, -0.05) is 18.1 Å². The molecule has 1 aromatic heterocycles. The van der Waals surface area contributed by atoms with E-state index in [1.165, 1.54) is 10.9 Å². The first-order valence-corrected chi connectivity index (χ1v) is 11.3. The van der Waals surface area contributed by atoms with Gasteiger partial charge in [-0.15, -0.1) is 6.42 Å². The summed E-state index contributed by atoms with van der Waals surface area (Å²) in [5.41, 5.74) is 5.76. The molecule has 0 aliphatic carbocycles. The van der Waals surface area contributed by atoms with Gasteiger partial charge in [-0.05, 0) is 73.6 Å². The Balaban J connectivity index is 1.53. The van der Waals surface area contributed by atoms with Crippen molar-refractivity contribution in [1.29, 1.82) is 0 Å². The summed E-state index contributed by atoms with van der Waals surface area (Å²) in [6.07, 6.45) is 12.0. The number of likely N-dealkylation sites (tertiary alicyclic amines) is 1. The number of hydrogen-bond donors (Lipinski definition) is 2. The first-order valence-electron chi connectivity index (χ1n) is 11.3. The fraction of sp³-hybridized carbons (Fsp3) is 0.370. The highest BCUT2D eigenvalue weighted by Crippen LogP contribution is 2.45. The Morgan fingerprint density at radius 1 is 1.31 bits per heavy atom. The second kappa shape index (κ2) is 8.12. The average Bonchev–Trinajstić information content (AvgIpc) is 3.47. The van der Waals surface area contributed by atoms with E-state index in [9.17, 15) is 9.90 Å². The third kappa shape index (κ3) is 3.60. The van der Waals surface area contributed by atoms with E-state index in [1.54, 1.807) is 12.1 Å². The number of fused-ring (bicyclic) bond motifs is 1. The Labute approximate surface area is 188 Å². The van der Waals surface area contributed by atoms with Gasteiger partial charge in [-0.3, -0.25) is 4.90 Å². The number of carbonyl (C=O) groups is 1. The largest absolute Gasteiger partial charge is 0.478 e. The van der Waals surface area contributed by atoms with Gasteiger partial charge in [0.15, 0.2) is 0 Å². The summed E-state index contributed by atoms with van der Waals surface area (Å²) in [7, 11) is 0. The number of rotatable bonds is 4. The predicted octanol–water partition coefficient (Wildman–Crippen LogP) is 5.04. The normalized spacial score (nSPS) is 23.6. The lowest BCUT2D eigenvalue weighted by molar-refractivity contribution is -0.0675. The maximum absolute atomic E-state index is 11.3. The Morgan fingerprint density at radius 2 is 2.12 bits per heavy atom. The number of carboxylic acids is 1. The molecule has 2 aliphatic heterocycles. The lowest BCUT2D eigenvalue weighted by atomic mass is 9.81. The quantitative estimate of drug-likeness (QED) is 0.571. The number of aromatic nitrogens is 1. The molecule has 2 saturated heterocycles. The summed E-state index contributed by atoms with van der Waals surface area (Å²) in [6, 6.07) is 11.7. The van der Waals surface area contributed by atoms with Crippen molar-refractivity contribution in [3.05, 3.63) is 70.4 Å². The van der Waals surface area contributed by atoms with Gasteiger partial charge < -0.3 is 14.8 Å². The lowest BCUT2D eigenvalue weighted by Crippen LogP contribution is -2.45. The van der Waals surface area contributed by atoms with E-state index in [0.29, 0.717) is 5.56 Å². The minimum atomic E-state index is -0.902. The molecule has 0 bridgehead atoms. The topological polar surface area (TPSA) is 65.6 Å². The van der Waals surface area contributed by atoms with E-state index >= 15 is 0 Å². The molecule has 0 saturated carbocycles. The molecule has 164 valence electrons. The van der Waals surface area contributed by atoms with E-state index in [2.05, 4.69) is 34.9 Å². The average molecular weight is 429 g/mol. The molecule has 0 radical (unpaired) electrons. The number of aromatic carboxylic acids is 1. The van der Waals surface area contributed by atoms with Gasteiger partial charge in [-0.25, -0.2) is 4.79 Å². The monoisotopic (exact) mass is 428 g/mol. The van der Waals surface area contributed by atoms with Crippen molar-refractivity contribution < 1.29 is 14.6 Å². The minimum absolute atomic E-state index is 0.0712. The van der Waals surface area contributed by atoms with Gasteiger partial charge in [0.1, 0.15) is 0 Å². The van der Waals surface area contributed by atoms with Crippen LogP contribution >= 0.6 is 0 Å². The van der Waals surface area contributed by atoms with Crippen LogP contribution in [0.4, 0.5) is 0 Å². The highest BCUT2D eigenvalue weighted by atomic mass is 16.5. The molecule has 5 heteroatoms. The van der Waals surface area contributed by atoms with Crippen LogP contribution in [0.5, 0.6) is 0 Å². The molecular weight excluding hydrogens is 400 g/mol. The number of nitrogens with one attached hydrogen (secondary N) is 1. The summed E-state index contributed by atoms with van der Waals surface area (Å²) in [4.78, 5) is 17.2. The molecule has 2 atom stereocenters. The third-order valence-electron chi connectivity index (χ3n) is 7.26. The zero-order valence-corrected chi connectivity index (χ0v) is 18.4. The van der Waals surface area contributed by atoms with Gasteiger partial charge in [0.25, 0.3) is 0 Å². The van der Waals surface area contributed by atoms with Crippen molar-refractivity contribution in [3.8, 4) is 12.3 Å². The number of H-pyrrole nitrogens is 1. The zero-order chi connectivity index (χ0) is 22.3. The molecule has 1 spiro atoms. The molecule has 3 heterocycles. The molecule has 3 aromatic rings. The van der Waals surface area contributed by atoms with Crippen LogP contribution in [0, 0.1) is 19.3 Å². The molecular formula is C27H28N2O3. The summed E-state index contributed by atoms with van der Waals surface area (Å²) >= 11 is 0. The molecule has 2 aliphatic rings. The highest BCUT2D eigenvalue weighted by molar-refractivity contribution is 5.88. The third-order valence-corrected chi connectivity index (χ3v) is 7.26. The van der Waals surface area contributed by atoms with Crippen LogP contribution in [-0.2, 0) is 11.3 Å². The van der Waals surface area contributed by atoms with Crippen LogP contribution in [0.1, 0.15) is 64.3 Å². The molecule has 0 amide bonds. The standard InChI is InChI=1S/C27H28N2O3/c1-3-19-15-18(2)25-22(9-12-28-25)23(19)17-29-13-11-27(10-4-14-32-27)16-24(29)20-5-7-21(8-6-20)26(30)31/h1,5-9,12,15,24,28H,4,10-11,13-14,16-17H2,2H3,(H,30,31)/t24-,27+/m0/s1. The number of benzene rings is 2. The predicted molar refractivity (Wildman–Crippen MR) is 125 cm³/mol. The fourth-order valence-corrected chi connectivity index (χ4v) is 5.54. The molecule has 32 heavy (non-hydrogen) atoms. The summed E-state index contributed by atoms with van der Waals surface area (Å²) in [5, 5.41) is 10.5. The Hall–Kier alpha value is -3.07. The Kier molecular flexibility index (Phi) is 5.28. The minimum Gasteiger partial charge on any atom is -0.478 e. The van der Waals surface area contributed by atoms with Crippen molar-refractivity contribution in [3.63, 3.8) is 0 Å². The van der Waals surface area contributed by atoms with E-state index in [-0.39, 0.29) is 11.6 Å². The molecule has 5 rings (SSSR count). The highest BCUT2D eigenvalue weighted by Gasteiger charge is 2.43. The lowest BCUT2D eigenvalue weighted by Gasteiger charge is -2.45. The van der Waals surface area contributed by atoms with Crippen LogP contribution in [0.15, 0.2) is 42.6 Å². The maximum Gasteiger partial charge on any atom is 0.335 e. The Morgan fingerprint density at radius 3 is 2.81 bits per heavy atom. The smallest absolute Gasteiger partial charge is 0.335 e. The van der Waals surface area contributed by atoms with Crippen LogP contribution in [-0.4, -0.2) is 39.7 Å². The zero-order valence-electron chi connectivity index (χ0n) is 18.4. The van der Waals surface area contributed by atoms with Crippen molar-refractivity contribution in [2.24, 2.45) is 0 Å². The van der Waals surface area contributed by atoms with Gasteiger partial charge in [0.2, 0.25) is 0 Å². The molecule has 5 nitrogen and oxygen atoms in total. The van der Waals surface area contributed by atoms with Crippen LogP contribution in [0.25, 0.3) is 10.9 Å². The maximum atomic E-state index is 11.3. The Bertz CT molecular complexity index is 1200. The summed E-state index contributed by atoms with van der Waals surface area (Å²) < 4.78 is 6.25. The number of carboxylic acid groups (broad SMARTS) is 1. The van der Waals surface area contributed by atoms with Gasteiger partial charge in [-0.2, -0.15) is 0 Å². The van der Waals surface area contributed by atoms with E-state index < -0.39 is 5.97 Å². The fourth-order valence-electron chi connectivity index (χ4n) is 5.54. The number of nitrogens with zero attached hydrogens (tertiary/aromatic N) is 1. The second-order valence-electron chi connectivity index (χ2n) is 9.13. The van der Waals surface area contributed by atoms with Crippen molar-refractivity contribution >= 4 is 16.9 Å². The number of terminal acetylenes is 1. The first-order chi connectivity index (χ1) is 15.5. The molecule has 2 fully saturated rings. The first kappa shape index (κ1) is 20.8. The summed E-state index contributed by atoms with van der Waals surface area (Å²) in [5.74, 6) is 2.00. The second-order valence-corrected chi connectivity index (χ2v) is 9.13. The van der Waals surface area contributed by atoms with Gasteiger partial charge in [0, 0.05) is 48.4 Å². The molecule has 0 unspecified atom stereocenters. The van der Waals surface area contributed by atoms with E-state index in [0.717, 1.165) is 67.6 Å².